The summed E-state index contributed by atoms with van der Waals surface area (Å²) in [6.45, 7) is 6.39. The van der Waals surface area contributed by atoms with Gasteiger partial charge in [0.05, 0.1) is 6.61 Å². The third-order valence-corrected chi connectivity index (χ3v) is 3.36. The molecule has 1 aromatic rings. The van der Waals surface area contributed by atoms with Crippen molar-refractivity contribution >= 4 is 16.7 Å². The van der Waals surface area contributed by atoms with Gasteiger partial charge in [0.25, 0.3) is 0 Å². The molecule has 0 aliphatic carbocycles. The van der Waals surface area contributed by atoms with Crippen LogP contribution in [0.1, 0.15) is 31.9 Å². The third-order valence-electron chi connectivity index (χ3n) is 2.66. The molecule has 126 valence electrons. The Morgan fingerprint density at radius 1 is 1.18 bits per heavy atom. The molecular weight excluding hydrogens is 302 g/mol. The van der Waals surface area contributed by atoms with Gasteiger partial charge in [-0.25, -0.2) is 4.79 Å². The summed E-state index contributed by atoms with van der Waals surface area (Å²) in [6.07, 6.45) is 3.01. The number of benzene rings is 1. The van der Waals surface area contributed by atoms with Crippen LogP contribution >= 0.6 is 10.6 Å². The van der Waals surface area contributed by atoms with E-state index < -0.39 is 16.2 Å². The van der Waals surface area contributed by atoms with Gasteiger partial charge in [-0.3, -0.25) is 8.74 Å². The second-order valence-corrected chi connectivity index (χ2v) is 9.19. The van der Waals surface area contributed by atoms with Crippen molar-refractivity contribution in [2.24, 2.45) is 0 Å². The maximum absolute atomic E-state index is 11.9. The van der Waals surface area contributed by atoms with E-state index in [0.29, 0.717) is 13.2 Å². The monoisotopic (exact) mass is 329 g/mol. The molecule has 0 saturated heterocycles. The van der Waals surface area contributed by atoms with Gasteiger partial charge in [-0.05, 0) is 31.9 Å². The molecule has 0 bridgehead atoms. The maximum atomic E-state index is 11.9. The Morgan fingerprint density at radius 3 is 2.14 bits per heavy atom. The molecular formula is C16H27NO4S. The molecule has 0 heterocycles. The Morgan fingerprint density at radius 2 is 1.68 bits per heavy atom. The van der Waals surface area contributed by atoms with Gasteiger partial charge in [-0.1, -0.05) is 24.3 Å². The standard InChI is InChI=1S/C16H27NO4S/c1-16(2,3)21-15(18)17(4)11-13-7-9-14(10-8-13)12-20-22(5,6)19/h7-10,19H,11-12H2,1-6H3. The molecule has 0 saturated carbocycles. The minimum absolute atomic E-state index is 0.342. The van der Waals surface area contributed by atoms with E-state index in [1.54, 1.807) is 19.6 Å². The largest absolute Gasteiger partial charge is 0.444 e. The summed E-state index contributed by atoms with van der Waals surface area (Å²) in [7, 11) is -0.238. The number of nitrogens with zero attached hydrogens (tertiary/aromatic N) is 1. The zero-order chi connectivity index (χ0) is 17.0. The van der Waals surface area contributed by atoms with Gasteiger partial charge in [0.1, 0.15) is 5.60 Å². The van der Waals surface area contributed by atoms with Crippen molar-refractivity contribution in [1.82, 2.24) is 4.90 Å². The normalized spacial score (nSPS) is 12.9. The predicted molar refractivity (Wildman–Crippen MR) is 91.0 cm³/mol. The highest BCUT2D eigenvalue weighted by Crippen LogP contribution is 2.36. The molecule has 1 N–H and O–H groups in total. The first-order valence-corrected chi connectivity index (χ1v) is 9.41. The maximum Gasteiger partial charge on any atom is 0.410 e. The number of rotatable bonds is 5. The predicted octanol–water partition coefficient (Wildman–Crippen LogP) is 4.02. The Kier molecular flexibility index (Phi) is 6.28. The summed E-state index contributed by atoms with van der Waals surface area (Å²) in [5.41, 5.74) is 1.50. The molecule has 0 aliphatic rings. The molecule has 0 aliphatic heterocycles. The molecule has 0 spiro atoms. The van der Waals surface area contributed by atoms with Crippen molar-refractivity contribution in [2.45, 2.75) is 39.5 Å². The van der Waals surface area contributed by atoms with Crippen LogP contribution in [0.25, 0.3) is 0 Å². The lowest BCUT2D eigenvalue weighted by molar-refractivity contribution is 0.0285. The lowest BCUT2D eigenvalue weighted by Crippen LogP contribution is -2.33. The van der Waals surface area contributed by atoms with E-state index in [1.807, 2.05) is 45.0 Å². The van der Waals surface area contributed by atoms with E-state index >= 15 is 0 Å². The number of carbonyl (C=O) groups is 1. The average molecular weight is 329 g/mol. The highest BCUT2D eigenvalue weighted by Gasteiger charge is 2.19. The van der Waals surface area contributed by atoms with Crippen LogP contribution in [0.2, 0.25) is 0 Å². The zero-order valence-corrected chi connectivity index (χ0v) is 15.1. The molecule has 1 rings (SSSR count). The van der Waals surface area contributed by atoms with Crippen LogP contribution in [0.5, 0.6) is 0 Å². The van der Waals surface area contributed by atoms with Crippen LogP contribution in [-0.2, 0) is 22.1 Å². The Bertz CT molecular complexity index is 488. The van der Waals surface area contributed by atoms with Crippen LogP contribution in [0.15, 0.2) is 24.3 Å². The van der Waals surface area contributed by atoms with Crippen LogP contribution in [0.4, 0.5) is 4.79 Å². The van der Waals surface area contributed by atoms with Crippen molar-refractivity contribution < 1.29 is 18.3 Å². The summed E-state index contributed by atoms with van der Waals surface area (Å²) < 4.78 is 20.3. The SMILES string of the molecule is CN(Cc1ccc(COS(C)(C)O)cc1)C(=O)OC(C)(C)C. The first kappa shape index (κ1) is 18.8. The van der Waals surface area contributed by atoms with Gasteiger partial charge >= 0.3 is 6.09 Å². The fraction of sp³-hybridized carbons (Fsp3) is 0.562. The summed E-state index contributed by atoms with van der Waals surface area (Å²) in [4.78, 5) is 13.4. The van der Waals surface area contributed by atoms with Crippen LogP contribution in [0, 0.1) is 0 Å². The Balaban J connectivity index is 2.55. The topological polar surface area (TPSA) is 59.0 Å². The number of hydrogen-bond acceptors (Lipinski definition) is 4. The lowest BCUT2D eigenvalue weighted by atomic mass is 10.1. The smallest absolute Gasteiger partial charge is 0.410 e. The number of carbonyl (C=O) groups excluding carboxylic acids is 1. The van der Waals surface area contributed by atoms with Gasteiger partial charge in [-0.15, -0.1) is 0 Å². The number of amides is 1. The molecule has 0 aromatic heterocycles. The minimum Gasteiger partial charge on any atom is -0.444 e. The Hall–Kier alpha value is -1.24. The second-order valence-electron chi connectivity index (χ2n) is 6.60. The van der Waals surface area contributed by atoms with E-state index in [2.05, 4.69) is 0 Å². The van der Waals surface area contributed by atoms with Crippen molar-refractivity contribution in [2.75, 3.05) is 19.6 Å². The number of ether oxygens (including phenoxy) is 1. The summed E-state index contributed by atoms with van der Waals surface area (Å²) in [5, 5.41) is 0. The highest BCUT2D eigenvalue weighted by atomic mass is 32.3. The fourth-order valence-corrected chi connectivity index (χ4v) is 2.06. The first-order chi connectivity index (χ1) is 9.96. The molecule has 0 unspecified atom stereocenters. The van der Waals surface area contributed by atoms with Gasteiger partial charge in [0.15, 0.2) is 0 Å². The average Bonchev–Trinajstić information content (AvgIpc) is 2.35. The van der Waals surface area contributed by atoms with Gasteiger partial charge in [0.2, 0.25) is 0 Å². The molecule has 0 radical (unpaired) electrons. The lowest BCUT2D eigenvalue weighted by Gasteiger charge is -2.28. The van der Waals surface area contributed by atoms with Gasteiger partial charge < -0.3 is 9.64 Å². The molecule has 6 heteroatoms. The molecule has 0 fully saturated rings. The quantitative estimate of drug-likeness (QED) is 0.886. The molecule has 5 nitrogen and oxygen atoms in total. The van der Waals surface area contributed by atoms with Gasteiger partial charge in [0, 0.05) is 26.1 Å². The molecule has 0 atom stereocenters. The van der Waals surface area contributed by atoms with Crippen molar-refractivity contribution in [3.05, 3.63) is 35.4 Å². The summed E-state index contributed by atoms with van der Waals surface area (Å²) >= 11 is 0. The minimum atomic E-state index is -1.95. The molecule has 22 heavy (non-hydrogen) atoms. The summed E-state index contributed by atoms with van der Waals surface area (Å²) in [5.74, 6) is 0. The van der Waals surface area contributed by atoms with E-state index in [4.69, 9.17) is 8.92 Å². The second kappa shape index (κ2) is 7.35. The van der Waals surface area contributed by atoms with E-state index in [0.717, 1.165) is 11.1 Å². The van der Waals surface area contributed by atoms with Crippen molar-refractivity contribution in [3.63, 3.8) is 0 Å². The third kappa shape index (κ3) is 7.68. The highest BCUT2D eigenvalue weighted by molar-refractivity contribution is 8.23. The van der Waals surface area contributed by atoms with Gasteiger partial charge in [-0.2, -0.15) is 10.6 Å². The van der Waals surface area contributed by atoms with E-state index in [-0.39, 0.29) is 6.09 Å². The van der Waals surface area contributed by atoms with E-state index in [9.17, 15) is 9.35 Å². The van der Waals surface area contributed by atoms with Crippen LogP contribution in [0.3, 0.4) is 0 Å². The Labute approximate surface area is 135 Å². The first-order valence-electron chi connectivity index (χ1n) is 7.08. The van der Waals surface area contributed by atoms with E-state index in [1.165, 1.54) is 4.90 Å². The van der Waals surface area contributed by atoms with Crippen molar-refractivity contribution in [1.29, 1.82) is 0 Å². The molecule has 1 amide bonds. The van der Waals surface area contributed by atoms with Crippen LogP contribution < -0.4 is 0 Å². The van der Waals surface area contributed by atoms with Crippen LogP contribution in [-0.4, -0.2) is 40.7 Å². The zero-order valence-electron chi connectivity index (χ0n) is 14.3. The molecule has 1 aromatic carbocycles. The summed E-state index contributed by atoms with van der Waals surface area (Å²) in [6, 6.07) is 7.76. The number of hydrogen-bond donors (Lipinski definition) is 1. The fourth-order valence-electron chi connectivity index (χ4n) is 1.63. The van der Waals surface area contributed by atoms with Crippen molar-refractivity contribution in [3.8, 4) is 0 Å².